The molecule has 8 heteroatoms. The molecule has 2 aromatic heterocycles. The Morgan fingerprint density at radius 1 is 1.35 bits per heavy atom. The first-order chi connectivity index (χ1) is 11.2. The number of aliphatic hydroxyl groups is 1. The second-order valence-corrected chi connectivity index (χ2v) is 5.80. The third-order valence-electron chi connectivity index (χ3n) is 4.38. The SMILES string of the molecule is Cc1nc2c3c(nc(OCO)nc3c1F)N1CCCCC1CO2. The van der Waals surface area contributed by atoms with Crippen LogP contribution >= 0.6 is 0 Å². The number of aromatic nitrogens is 3. The first kappa shape index (κ1) is 14.4. The highest BCUT2D eigenvalue weighted by Crippen LogP contribution is 2.39. The number of halogens is 1. The van der Waals surface area contributed by atoms with E-state index in [-0.39, 0.29) is 23.3 Å². The lowest BCUT2D eigenvalue weighted by atomic mass is 10.0. The Morgan fingerprint density at radius 3 is 3.04 bits per heavy atom. The van der Waals surface area contributed by atoms with Gasteiger partial charge in [-0.15, -0.1) is 0 Å². The van der Waals surface area contributed by atoms with Crippen molar-refractivity contribution < 1.29 is 19.0 Å². The molecule has 2 aromatic rings. The molecule has 23 heavy (non-hydrogen) atoms. The monoisotopic (exact) mass is 320 g/mol. The number of ether oxygens (including phenoxy) is 2. The topological polar surface area (TPSA) is 80.6 Å². The Morgan fingerprint density at radius 2 is 2.22 bits per heavy atom. The molecule has 2 aliphatic rings. The van der Waals surface area contributed by atoms with Gasteiger partial charge in [-0.2, -0.15) is 9.97 Å². The Hall–Kier alpha value is -2.22. The van der Waals surface area contributed by atoms with Crippen LogP contribution in [0.25, 0.3) is 10.9 Å². The molecule has 1 N–H and O–H groups in total. The zero-order valence-corrected chi connectivity index (χ0v) is 12.8. The number of anilines is 1. The molecular weight excluding hydrogens is 303 g/mol. The average molecular weight is 320 g/mol. The zero-order valence-electron chi connectivity index (χ0n) is 12.8. The molecule has 4 heterocycles. The smallest absolute Gasteiger partial charge is 0.321 e. The van der Waals surface area contributed by atoms with E-state index in [2.05, 4.69) is 19.9 Å². The number of hydrogen-bond donors (Lipinski definition) is 1. The van der Waals surface area contributed by atoms with E-state index in [1.807, 2.05) is 0 Å². The van der Waals surface area contributed by atoms with Gasteiger partial charge in [-0.3, -0.25) is 0 Å². The molecule has 0 aliphatic carbocycles. The third-order valence-corrected chi connectivity index (χ3v) is 4.38. The summed E-state index contributed by atoms with van der Waals surface area (Å²) in [7, 11) is 0. The maximum Gasteiger partial charge on any atom is 0.321 e. The van der Waals surface area contributed by atoms with E-state index < -0.39 is 12.6 Å². The van der Waals surface area contributed by atoms with Gasteiger partial charge in [0.25, 0.3) is 0 Å². The quantitative estimate of drug-likeness (QED) is 0.841. The van der Waals surface area contributed by atoms with Gasteiger partial charge in [-0.05, 0) is 26.2 Å². The Kier molecular flexibility index (Phi) is 3.41. The molecule has 1 fully saturated rings. The van der Waals surface area contributed by atoms with E-state index in [4.69, 9.17) is 14.6 Å². The van der Waals surface area contributed by atoms with Crippen LogP contribution in [0.5, 0.6) is 11.9 Å². The van der Waals surface area contributed by atoms with E-state index >= 15 is 0 Å². The normalized spacial score (nSPS) is 20.0. The second kappa shape index (κ2) is 5.45. The van der Waals surface area contributed by atoms with Crippen LogP contribution in [-0.4, -0.2) is 46.0 Å². The highest BCUT2D eigenvalue weighted by atomic mass is 19.1. The predicted molar refractivity (Wildman–Crippen MR) is 80.2 cm³/mol. The molecule has 1 unspecified atom stereocenters. The van der Waals surface area contributed by atoms with Crippen molar-refractivity contribution in [2.24, 2.45) is 0 Å². The van der Waals surface area contributed by atoms with Crippen molar-refractivity contribution in [3.8, 4) is 11.9 Å². The van der Waals surface area contributed by atoms with Crippen molar-refractivity contribution in [2.75, 3.05) is 24.8 Å². The molecule has 1 atom stereocenters. The van der Waals surface area contributed by atoms with Crippen molar-refractivity contribution in [2.45, 2.75) is 32.2 Å². The van der Waals surface area contributed by atoms with E-state index in [0.717, 1.165) is 25.8 Å². The number of piperidine rings is 1. The number of aryl methyl sites for hydroxylation is 1. The van der Waals surface area contributed by atoms with Gasteiger partial charge in [0.2, 0.25) is 5.88 Å². The van der Waals surface area contributed by atoms with Gasteiger partial charge in [-0.25, -0.2) is 9.37 Å². The number of nitrogens with zero attached hydrogens (tertiary/aromatic N) is 4. The van der Waals surface area contributed by atoms with Gasteiger partial charge in [0, 0.05) is 6.54 Å². The van der Waals surface area contributed by atoms with Crippen LogP contribution in [0.1, 0.15) is 25.0 Å². The summed E-state index contributed by atoms with van der Waals surface area (Å²) in [6, 6.07) is 0.123. The fourth-order valence-electron chi connectivity index (χ4n) is 3.28. The minimum Gasteiger partial charge on any atom is -0.475 e. The lowest BCUT2D eigenvalue weighted by Gasteiger charge is -2.34. The Labute approximate surface area is 132 Å². The van der Waals surface area contributed by atoms with Gasteiger partial charge >= 0.3 is 6.01 Å². The van der Waals surface area contributed by atoms with Crippen LogP contribution < -0.4 is 14.4 Å². The van der Waals surface area contributed by atoms with Crippen molar-refractivity contribution in [3.05, 3.63) is 11.5 Å². The first-order valence-electron chi connectivity index (χ1n) is 7.70. The van der Waals surface area contributed by atoms with Gasteiger partial charge in [0.1, 0.15) is 23.3 Å². The maximum atomic E-state index is 14.6. The summed E-state index contributed by atoms with van der Waals surface area (Å²) in [5, 5.41) is 9.46. The summed E-state index contributed by atoms with van der Waals surface area (Å²) >= 11 is 0. The summed E-state index contributed by atoms with van der Waals surface area (Å²) in [6.45, 7) is 2.30. The summed E-state index contributed by atoms with van der Waals surface area (Å²) in [4.78, 5) is 14.8. The van der Waals surface area contributed by atoms with Crippen LogP contribution in [-0.2, 0) is 0 Å². The molecule has 0 aromatic carbocycles. The summed E-state index contributed by atoms with van der Waals surface area (Å²) < 4.78 is 25.4. The van der Waals surface area contributed by atoms with Gasteiger partial charge < -0.3 is 19.5 Å². The number of rotatable bonds is 2. The lowest BCUT2D eigenvalue weighted by molar-refractivity contribution is 0.0897. The van der Waals surface area contributed by atoms with Gasteiger partial charge in [0.15, 0.2) is 12.6 Å². The average Bonchev–Trinajstić information content (AvgIpc) is 2.71. The minimum absolute atomic E-state index is 0.0447. The van der Waals surface area contributed by atoms with Crippen LogP contribution in [0.15, 0.2) is 0 Å². The van der Waals surface area contributed by atoms with E-state index in [1.165, 1.54) is 0 Å². The number of fused-ring (bicyclic) bond motifs is 2. The zero-order chi connectivity index (χ0) is 16.0. The molecule has 0 radical (unpaired) electrons. The second-order valence-electron chi connectivity index (χ2n) is 5.80. The van der Waals surface area contributed by atoms with Crippen LogP contribution in [0, 0.1) is 12.7 Å². The molecule has 122 valence electrons. The van der Waals surface area contributed by atoms with E-state index in [1.54, 1.807) is 6.92 Å². The molecule has 0 bridgehead atoms. The molecule has 0 saturated carbocycles. The third kappa shape index (κ3) is 2.24. The Balaban J connectivity index is 2.01. The summed E-state index contributed by atoms with van der Waals surface area (Å²) in [5.74, 6) is 0.412. The molecule has 1 saturated heterocycles. The maximum absolute atomic E-state index is 14.6. The Bertz CT molecular complexity index is 770. The molecule has 7 nitrogen and oxygen atoms in total. The molecule has 4 rings (SSSR count). The number of pyridine rings is 1. The number of aliphatic hydroxyl groups excluding tert-OH is 1. The van der Waals surface area contributed by atoms with Crippen LogP contribution in [0.3, 0.4) is 0 Å². The fraction of sp³-hybridized carbons (Fsp3) is 0.533. The fourth-order valence-corrected chi connectivity index (χ4v) is 3.28. The van der Waals surface area contributed by atoms with Gasteiger partial charge in [-0.1, -0.05) is 0 Å². The van der Waals surface area contributed by atoms with Crippen molar-refractivity contribution >= 4 is 16.7 Å². The van der Waals surface area contributed by atoms with E-state index in [9.17, 15) is 4.39 Å². The molecular formula is C15H17FN4O3. The molecule has 0 spiro atoms. The van der Waals surface area contributed by atoms with Crippen molar-refractivity contribution in [1.29, 1.82) is 0 Å². The lowest BCUT2D eigenvalue weighted by Crippen LogP contribution is -2.42. The standard InChI is InChI=1S/C15H17FN4O3/c1-8-11(16)12-10-13(19-15(18-12)23-7-21)20-5-3-2-4-9(20)6-22-14(10)17-8/h9,21H,2-7H2,1H3. The first-order valence-corrected chi connectivity index (χ1v) is 7.70. The largest absolute Gasteiger partial charge is 0.475 e. The molecule has 0 amide bonds. The number of hydrogen-bond acceptors (Lipinski definition) is 7. The highest BCUT2D eigenvalue weighted by Gasteiger charge is 2.32. The van der Waals surface area contributed by atoms with Crippen molar-refractivity contribution in [3.63, 3.8) is 0 Å². The van der Waals surface area contributed by atoms with E-state index in [0.29, 0.717) is 23.7 Å². The van der Waals surface area contributed by atoms with Gasteiger partial charge in [0.05, 0.1) is 11.7 Å². The molecule has 2 aliphatic heterocycles. The van der Waals surface area contributed by atoms with Crippen LogP contribution in [0.2, 0.25) is 0 Å². The van der Waals surface area contributed by atoms with Crippen molar-refractivity contribution in [1.82, 2.24) is 15.0 Å². The summed E-state index contributed by atoms with van der Waals surface area (Å²) in [6.07, 6.45) is 3.14. The highest BCUT2D eigenvalue weighted by molar-refractivity contribution is 5.95. The summed E-state index contributed by atoms with van der Waals surface area (Å²) in [5.41, 5.74) is 0.333. The minimum atomic E-state index is -0.566. The van der Waals surface area contributed by atoms with Crippen LogP contribution in [0.4, 0.5) is 10.2 Å². The predicted octanol–water partition coefficient (Wildman–Crippen LogP) is 1.55.